The van der Waals surface area contributed by atoms with Crippen LogP contribution in [0, 0.1) is 0 Å². The third-order valence-electron chi connectivity index (χ3n) is 2.48. The molecule has 0 saturated carbocycles. The van der Waals surface area contributed by atoms with Gasteiger partial charge in [0.05, 0.1) is 12.6 Å². The lowest BCUT2D eigenvalue weighted by molar-refractivity contribution is 0.495. The van der Waals surface area contributed by atoms with Crippen molar-refractivity contribution >= 4 is 5.82 Å². The number of hydrogen-bond acceptors (Lipinski definition) is 4. The lowest BCUT2D eigenvalue weighted by atomic mass is 10.1. The molecule has 90 valence electrons. The SMILES string of the molecule is CC(CCc1ccco1)Nc1cc(=O)[nH]cn1. The predicted molar refractivity (Wildman–Crippen MR) is 65.0 cm³/mol. The Balaban J connectivity index is 1.85. The molecule has 5 nitrogen and oxygen atoms in total. The topological polar surface area (TPSA) is 70.9 Å². The van der Waals surface area contributed by atoms with Crippen molar-refractivity contribution in [1.82, 2.24) is 9.97 Å². The Morgan fingerprint density at radius 3 is 3.18 bits per heavy atom. The first-order valence-corrected chi connectivity index (χ1v) is 5.57. The predicted octanol–water partition coefficient (Wildman–Crippen LogP) is 1.80. The molecule has 0 bridgehead atoms. The molecule has 0 saturated heterocycles. The summed E-state index contributed by atoms with van der Waals surface area (Å²) >= 11 is 0. The number of H-pyrrole nitrogens is 1. The number of furan rings is 1. The van der Waals surface area contributed by atoms with Crippen LogP contribution in [0.1, 0.15) is 19.1 Å². The second-order valence-electron chi connectivity index (χ2n) is 3.96. The van der Waals surface area contributed by atoms with Crippen LogP contribution in [0.15, 0.2) is 40.0 Å². The first-order chi connectivity index (χ1) is 8.24. The molecule has 0 amide bonds. The van der Waals surface area contributed by atoms with Crippen molar-refractivity contribution in [1.29, 1.82) is 0 Å². The number of nitrogens with zero attached hydrogens (tertiary/aromatic N) is 1. The third kappa shape index (κ3) is 3.48. The summed E-state index contributed by atoms with van der Waals surface area (Å²) in [6, 6.07) is 5.52. The van der Waals surface area contributed by atoms with Gasteiger partial charge in [0.15, 0.2) is 0 Å². The maximum absolute atomic E-state index is 11.1. The van der Waals surface area contributed by atoms with E-state index in [0.717, 1.165) is 18.6 Å². The zero-order valence-electron chi connectivity index (χ0n) is 9.64. The van der Waals surface area contributed by atoms with E-state index in [4.69, 9.17) is 4.42 Å². The summed E-state index contributed by atoms with van der Waals surface area (Å²) in [7, 11) is 0. The van der Waals surface area contributed by atoms with Crippen LogP contribution in [0.4, 0.5) is 5.82 Å². The van der Waals surface area contributed by atoms with Gasteiger partial charge in [-0.05, 0) is 25.5 Å². The Labute approximate surface area is 98.9 Å². The van der Waals surface area contributed by atoms with Crippen LogP contribution < -0.4 is 10.9 Å². The van der Waals surface area contributed by atoms with E-state index >= 15 is 0 Å². The Kier molecular flexibility index (Phi) is 3.59. The van der Waals surface area contributed by atoms with Crippen molar-refractivity contribution in [3.63, 3.8) is 0 Å². The van der Waals surface area contributed by atoms with Gasteiger partial charge in [0, 0.05) is 18.5 Å². The second-order valence-corrected chi connectivity index (χ2v) is 3.96. The number of anilines is 1. The van der Waals surface area contributed by atoms with Gasteiger partial charge in [-0.15, -0.1) is 0 Å². The van der Waals surface area contributed by atoms with E-state index in [9.17, 15) is 4.79 Å². The molecule has 2 aromatic heterocycles. The number of hydrogen-bond donors (Lipinski definition) is 2. The van der Waals surface area contributed by atoms with Gasteiger partial charge in [-0.25, -0.2) is 4.98 Å². The van der Waals surface area contributed by atoms with E-state index in [0.29, 0.717) is 5.82 Å². The number of aromatic nitrogens is 2. The van der Waals surface area contributed by atoms with Crippen LogP contribution >= 0.6 is 0 Å². The van der Waals surface area contributed by atoms with Crippen molar-refractivity contribution < 1.29 is 4.42 Å². The van der Waals surface area contributed by atoms with Crippen molar-refractivity contribution in [3.8, 4) is 0 Å². The van der Waals surface area contributed by atoms with Crippen LogP contribution in [0.2, 0.25) is 0 Å². The summed E-state index contributed by atoms with van der Waals surface area (Å²) in [4.78, 5) is 17.6. The molecule has 0 fully saturated rings. The lowest BCUT2D eigenvalue weighted by Gasteiger charge is -2.12. The Bertz CT molecular complexity index is 504. The summed E-state index contributed by atoms with van der Waals surface area (Å²) in [5.41, 5.74) is -0.152. The second kappa shape index (κ2) is 5.34. The van der Waals surface area contributed by atoms with E-state index < -0.39 is 0 Å². The highest BCUT2D eigenvalue weighted by Gasteiger charge is 2.05. The number of rotatable bonds is 5. The standard InChI is InChI=1S/C12H15N3O2/c1-9(4-5-10-3-2-6-17-10)15-11-7-12(16)14-8-13-11/h2-3,6-9H,4-5H2,1H3,(H2,13,14,15,16). The fourth-order valence-corrected chi connectivity index (χ4v) is 1.59. The van der Waals surface area contributed by atoms with Gasteiger partial charge in [-0.3, -0.25) is 4.79 Å². The quantitative estimate of drug-likeness (QED) is 0.826. The molecular formula is C12H15N3O2. The first kappa shape index (κ1) is 11.4. The summed E-state index contributed by atoms with van der Waals surface area (Å²) in [6.45, 7) is 2.05. The fraction of sp³-hybridized carbons (Fsp3) is 0.333. The summed E-state index contributed by atoms with van der Waals surface area (Å²) < 4.78 is 5.25. The fourth-order valence-electron chi connectivity index (χ4n) is 1.59. The zero-order valence-corrected chi connectivity index (χ0v) is 9.64. The van der Waals surface area contributed by atoms with Gasteiger partial charge in [-0.1, -0.05) is 0 Å². The molecular weight excluding hydrogens is 218 g/mol. The van der Waals surface area contributed by atoms with Crippen molar-refractivity contribution in [2.75, 3.05) is 5.32 Å². The van der Waals surface area contributed by atoms with Gasteiger partial charge >= 0.3 is 0 Å². The van der Waals surface area contributed by atoms with Crippen LogP contribution in [-0.2, 0) is 6.42 Å². The Hall–Kier alpha value is -2.04. The Morgan fingerprint density at radius 1 is 1.59 bits per heavy atom. The van der Waals surface area contributed by atoms with E-state index in [1.54, 1.807) is 6.26 Å². The lowest BCUT2D eigenvalue weighted by Crippen LogP contribution is -2.18. The Morgan fingerprint density at radius 2 is 2.47 bits per heavy atom. The summed E-state index contributed by atoms with van der Waals surface area (Å²) in [5.74, 6) is 1.57. The molecule has 0 aromatic carbocycles. The van der Waals surface area contributed by atoms with Crippen molar-refractivity contribution in [2.24, 2.45) is 0 Å². The van der Waals surface area contributed by atoms with Crippen LogP contribution in [0.5, 0.6) is 0 Å². The van der Waals surface area contributed by atoms with Crippen molar-refractivity contribution in [2.45, 2.75) is 25.8 Å². The smallest absolute Gasteiger partial charge is 0.252 e. The van der Waals surface area contributed by atoms with Crippen molar-refractivity contribution in [3.05, 3.63) is 46.9 Å². The number of aryl methyl sites for hydroxylation is 1. The van der Waals surface area contributed by atoms with Crippen LogP contribution in [0.3, 0.4) is 0 Å². The molecule has 2 rings (SSSR count). The van der Waals surface area contributed by atoms with Gasteiger partial charge in [0.2, 0.25) is 0 Å². The van der Waals surface area contributed by atoms with Gasteiger partial charge in [0.25, 0.3) is 5.56 Å². The minimum Gasteiger partial charge on any atom is -0.469 e. The normalized spacial score (nSPS) is 12.3. The summed E-state index contributed by atoms with van der Waals surface area (Å²) in [6.07, 6.45) is 4.85. The molecule has 5 heteroatoms. The molecule has 0 aliphatic rings. The van der Waals surface area contributed by atoms with E-state index in [-0.39, 0.29) is 11.6 Å². The molecule has 2 heterocycles. The number of nitrogens with one attached hydrogen (secondary N) is 2. The maximum atomic E-state index is 11.1. The van der Waals surface area contributed by atoms with E-state index in [1.807, 2.05) is 19.1 Å². The molecule has 2 N–H and O–H groups in total. The molecule has 0 spiro atoms. The molecule has 2 aromatic rings. The maximum Gasteiger partial charge on any atom is 0.252 e. The summed E-state index contributed by atoms with van der Waals surface area (Å²) in [5, 5.41) is 3.17. The minimum atomic E-state index is -0.152. The zero-order chi connectivity index (χ0) is 12.1. The highest BCUT2D eigenvalue weighted by Crippen LogP contribution is 2.08. The average Bonchev–Trinajstić information content (AvgIpc) is 2.79. The molecule has 1 unspecified atom stereocenters. The van der Waals surface area contributed by atoms with Gasteiger partial charge in [-0.2, -0.15) is 0 Å². The monoisotopic (exact) mass is 233 g/mol. The van der Waals surface area contributed by atoms with Crippen LogP contribution in [0.25, 0.3) is 0 Å². The highest BCUT2D eigenvalue weighted by molar-refractivity contribution is 5.32. The van der Waals surface area contributed by atoms with Crippen LogP contribution in [-0.4, -0.2) is 16.0 Å². The molecule has 1 atom stereocenters. The molecule has 0 radical (unpaired) electrons. The van der Waals surface area contributed by atoms with E-state index in [1.165, 1.54) is 12.4 Å². The highest BCUT2D eigenvalue weighted by atomic mass is 16.3. The third-order valence-corrected chi connectivity index (χ3v) is 2.48. The molecule has 0 aliphatic carbocycles. The molecule has 17 heavy (non-hydrogen) atoms. The largest absolute Gasteiger partial charge is 0.469 e. The van der Waals surface area contributed by atoms with E-state index in [2.05, 4.69) is 15.3 Å². The van der Waals surface area contributed by atoms with Gasteiger partial charge in [0.1, 0.15) is 11.6 Å². The average molecular weight is 233 g/mol. The molecule has 0 aliphatic heterocycles. The first-order valence-electron chi connectivity index (χ1n) is 5.57. The number of aromatic amines is 1. The van der Waals surface area contributed by atoms with Gasteiger partial charge < -0.3 is 14.7 Å². The minimum absolute atomic E-state index is 0.152.